The van der Waals surface area contributed by atoms with Gasteiger partial charge < -0.3 is 4.57 Å². The topological polar surface area (TPSA) is 17.3 Å². The van der Waals surface area contributed by atoms with Crippen LogP contribution in [0.4, 0.5) is 5.69 Å². The Bertz CT molecular complexity index is 842. The van der Waals surface area contributed by atoms with Crippen LogP contribution in [0.2, 0.25) is 0 Å². The number of benzene rings is 2. The molecule has 1 aromatic heterocycles. The summed E-state index contributed by atoms with van der Waals surface area (Å²) in [6, 6.07) is 20.7. The molecule has 1 heterocycles. The summed E-state index contributed by atoms with van der Waals surface area (Å²) in [6.45, 7) is 3.05. The predicted octanol–water partition coefficient (Wildman–Crippen LogP) is 5.81. The molecule has 0 aliphatic carbocycles. The molecule has 0 unspecified atom stereocenters. The first kappa shape index (κ1) is 16.5. The summed E-state index contributed by atoms with van der Waals surface area (Å²) < 4.78 is 2.34. The van der Waals surface area contributed by atoms with Crippen LogP contribution >= 0.6 is 11.3 Å². The average Bonchev–Trinajstić information content (AvgIpc) is 3.03. The van der Waals surface area contributed by atoms with Crippen molar-refractivity contribution in [2.24, 2.45) is 4.99 Å². The molecule has 0 N–H and O–H groups in total. The van der Waals surface area contributed by atoms with E-state index in [1.165, 1.54) is 11.3 Å². The molecule has 3 heteroatoms. The second-order valence-electron chi connectivity index (χ2n) is 5.58. The Labute approximate surface area is 147 Å². The van der Waals surface area contributed by atoms with E-state index in [0.717, 1.165) is 29.9 Å². The number of para-hydroxylation sites is 1. The quantitative estimate of drug-likeness (QED) is 0.400. The molecule has 122 valence electrons. The van der Waals surface area contributed by atoms with Gasteiger partial charge in [-0.25, -0.2) is 4.99 Å². The van der Waals surface area contributed by atoms with Gasteiger partial charge in [-0.3, -0.25) is 0 Å². The van der Waals surface area contributed by atoms with Gasteiger partial charge in [0.25, 0.3) is 0 Å². The first-order valence-electron chi connectivity index (χ1n) is 8.33. The van der Waals surface area contributed by atoms with Crippen LogP contribution in [0.3, 0.4) is 0 Å². The third-order valence-electron chi connectivity index (χ3n) is 3.84. The SMILES string of the molecule is C/C=C/CCCn1c(-c2ccccc2)csc1=Nc1ccccc1. The highest BCUT2D eigenvalue weighted by atomic mass is 32.1. The van der Waals surface area contributed by atoms with Crippen LogP contribution in [0.1, 0.15) is 19.8 Å². The molecule has 0 spiro atoms. The largest absolute Gasteiger partial charge is 0.316 e. The minimum Gasteiger partial charge on any atom is -0.316 e. The lowest BCUT2D eigenvalue weighted by Crippen LogP contribution is -2.15. The van der Waals surface area contributed by atoms with Crippen molar-refractivity contribution in [1.82, 2.24) is 4.57 Å². The summed E-state index contributed by atoms with van der Waals surface area (Å²) in [5, 5.41) is 2.22. The Morgan fingerprint density at radius 1 is 1.00 bits per heavy atom. The lowest BCUT2D eigenvalue weighted by molar-refractivity contribution is 0.640. The molecule has 0 aliphatic heterocycles. The van der Waals surface area contributed by atoms with Crippen LogP contribution in [0.25, 0.3) is 11.3 Å². The summed E-state index contributed by atoms with van der Waals surface area (Å²) in [6.07, 6.45) is 6.55. The van der Waals surface area contributed by atoms with Gasteiger partial charge in [0.2, 0.25) is 0 Å². The average molecular weight is 334 g/mol. The van der Waals surface area contributed by atoms with Crippen LogP contribution < -0.4 is 4.80 Å². The van der Waals surface area contributed by atoms with E-state index >= 15 is 0 Å². The molecule has 3 rings (SSSR count). The molecule has 0 radical (unpaired) electrons. The van der Waals surface area contributed by atoms with Crippen molar-refractivity contribution in [3.8, 4) is 11.3 Å². The number of aromatic nitrogens is 1. The molecule has 0 fully saturated rings. The minimum atomic E-state index is 0.976. The van der Waals surface area contributed by atoms with Crippen molar-refractivity contribution in [2.45, 2.75) is 26.3 Å². The standard InChI is InChI=1S/C21H22N2S/c1-2-3-4-11-16-23-20(18-12-7-5-8-13-18)17-24-21(23)22-19-14-9-6-10-15-19/h2-3,5-10,12-15,17H,4,11,16H2,1H3/b3-2+,22-21?. The maximum atomic E-state index is 4.85. The molecule has 0 saturated heterocycles. The normalized spacial score (nSPS) is 12.1. The number of allylic oxidation sites excluding steroid dienone is 2. The molecule has 24 heavy (non-hydrogen) atoms. The molecular formula is C21H22N2S. The highest BCUT2D eigenvalue weighted by molar-refractivity contribution is 7.07. The van der Waals surface area contributed by atoms with Crippen molar-refractivity contribution in [3.05, 3.63) is 83.0 Å². The van der Waals surface area contributed by atoms with Gasteiger partial charge in [0.1, 0.15) is 0 Å². The van der Waals surface area contributed by atoms with Crippen molar-refractivity contribution in [3.63, 3.8) is 0 Å². The smallest absolute Gasteiger partial charge is 0.190 e. The molecule has 0 saturated carbocycles. The van der Waals surface area contributed by atoms with Crippen LogP contribution in [-0.4, -0.2) is 4.57 Å². The number of thiazole rings is 1. The van der Waals surface area contributed by atoms with Gasteiger partial charge in [-0.2, -0.15) is 0 Å². The fourth-order valence-corrected chi connectivity index (χ4v) is 3.58. The van der Waals surface area contributed by atoms with Crippen molar-refractivity contribution < 1.29 is 0 Å². The van der Waals surface area contributed by atoms with Gasteiger partial charge in [-0.1, -0.05) is 60.7 Å². The zero-order valence-electron chi connectivity index (χ0n) is 13.9. The van der Waals surface area contributed by atoms with Crippen molar-refractivity contribution >= 4 is 17.0 Å². The van der Waals surface area contributed by atoms with Crippen LogP contribution in [0.5, 0.6) is 0 Å². The lowest BCUT2D eigenvalue weighted by atomic mass is 10.1. The summed E-state index contributed by atoms with van der Waals surface area (Å²) in [7, 11) is 0. The Balaban J connectivity index is 1.99. The highest BCUT2D eigenvalue weighted by Gasteiger charge is 2.07. The van der Waals surface area contributed by atoms with Crippen molar-refractivity contribution in [1.29, 1.82) is 0 Å². The summed E-state index contributed by atoms with van der Waals surface area (Å²) in [5.41, 5.74) is 3.49. The second kappa shape index (κ2) is 8.46. The Hall–Kier alpha value is -2.39. The van der Waals surface area contributed by atoms with E-state index in [-0.39, 0.29) is 0 Å². The van der Waals surface area contributed by atoms with E-state index in [0.29, 0.717) is 0 Å². The van der Waals surface area contributed by atoms with Crippen LogP contribution in [0, 0.1) is 0 Å². The van der Waals surface area contributed by atoms with E-state index < -0.39 is 0 Å². The van der Waals surface area contributed by atoms with Crippen molar-refractivity contribution in [2.75, 3.05) is 0 Å². The molecule has 2 aromatic carbocycles. The Kier molecular flexibility index (Phi) is 5.80. The van der Waals surface area contributed by atoms with Gasteiger partial charge in [0.15, 0.2) is 4.80 Å². The summed E-state index contributed by atoms with van der Waals surface area (Å²) in [5.74, 6) is 0. The first-order chi connectivity index (χ1) is 11.9. The predicted molar refractivity (Wildman–Crippen MR) is 103 cm³/mol. The summed E-state index contributed by atoms with van der Waals surface area (Å²) >= 11 is 1.71. The van der Waals surface area contributed by atoms with E-state index in [2.05, 4.69) is 59.4 Å². The molecule has 2 nitrogen and oxygen atoms in total. The van der Waals surface area contributed by atoms with Gasteiger partial charge in [0.05, 0.1) is 11.4 Å². The minimum absolute atomic E-state index is 0.976. The molecular weight excluding hydrogens is 312 g/mol. The number of nitrogens with zero attached hydrogens (tertiary/aromatic N) is 2. The Morgan fingerprint density at radius 2 is 1.71 bits per heavy atom. The van der Waals surface area contributed by atoms with Gasteiger partial charge >= 0.3 is 0 Å². The van der Waals surface area contributed by atoms with E-state index in [9.17, 15) is 0 Å². The number of rotatable bonds is 6. The second-order valence-corrected chi connectivity index (χ2v) is 6.42. The fourth-order valence-electron chi connectivity index (χ4n) is 2.62. The number of unbranched alkanes of at least 4 members (excludes halogenated alkanes) is 1. The zero-order chi connectivity index (χ0) is 16.6. The van der Waals surface area contributed by atoms with E-state index in [4.69, 9.17) is 4.99 Å². The third kappa shape index (κ3) is 4.12. The third-order valence-corrected chi connectivity index (χ3v) is 4.70. The maximum Gasteiger partial charge on any atom is 0.190 e. The Morgan fingerprint density at radius 3 is 2.42 bits per heavy atom. The van der Waals surface area contributed by atoms with E-state index in [1.54, 1.807) is 11.3 Å². The van der Waals surface area contributed by atoms with E-state index in [1.807, 2.05) is 30.3 Å². The van der Waals surface area contributed by atoms with Gasteiger partial charge in [0, 0.05) is 11.9 Å². The van der Waals surface area contributed by atoms with Gasteiger partial charge in [-0.15, -0.1) is 11.3 Å². The molecule has 0 amide bonds. The fraction of sp³-hybridized carbons (Fsp3) is 0.190. The lowest BCUT2D eigenvalue weighted by Gasteiger charge is -2.08. The highest BCUT2D eigenvalue weighted by Crippen LogP contribution is 2.21. The number of hydrogen-bond acceptors (Lipinski definition) is 2. The number of hydrogen-bond donors (Lipinski definition) is 0. The van der Waals surface area contributed by atoms with Crippen LogP contribution in [-0.2, 0) is 6.54 Å². The molecule has 0 bridgehead atoms. The zero-order valence-corrected chi connectivity index (χ0v) is 14.7. The summed E-state index contributed by atoms with van der Waals surface area (Å²) in [4.78, 5) is 5.91. The molecule has 0 aliphatic rings. The molecule has 0 atom stereocenters. The van der Waals surface area contributed by atoms with Crippen LogP contribution in [0.15, 0.2) is 83.2 Å². The monoisotopic (exact) mass is 334 g/mol. The van der Waals surface area contributed by atoms with Gasteiger partial charge in [-0.05, 0) is 37.5 Å². The maximum absolute atomic E-state index is 4.85. The molecule has 3 aromatic rings. The first-order valence-corrected chi connectivity index (χ1v) is 9.21.